The standard InChI is InChI=1S/C10H17NSi/c1-2-10(11)9-6-4-3-5-8(9)7-12/h3-6,10H,2,7,11H2,1,12H3. The van der Waals surface area contributed by atoms with Gasteiger partial charge in [0.2, 0.25) is 0 Å². The van der Waals surface area contributed by atoms with Crippen molar-refractivity contribution in [2.24, 2.45) is 5.73 Å². The van der Waals surface area contributed by atoms with Crippen molar-refractivity contribution in [1.29, 1.82) is 0 Å². The Morgan fingerprint density at radius 2 is 2.08 bits per heavy atom. The van der Waals surface area contributed by atoms with E-state index >= 15 is 0 Å². The number of hydrogen-bond acceptors (Lipinski definition) is 1. The molecule has 0 fully saturated rings. The summed E-state index contributed by atoms with van der Waals surface area (Å²) in [6.07, 6.45) is 1.03. The third-order valence-corrected chi connectivity index (χ3v) is 3.04. The van der Waals surface area contributed by atoms with Crippen LogP contribution in [0.25, 0.3) is 0 Å². The highest BCUT2D eigenvalue weighted by atomic mass is 28.1. The van der Waals surface area contributed by atoms with Crippen molar-refractivity contribution in [2.45, 2.75) is 25.4 Å². The number of rotatable bonds is 3. The first-order valence-corrected chi connectivity index (χ1v) is 6.04. The lowest BCUT2D eigenvalue weighted by Crippen LogP contribution is -2.11. The van der Waals surface area contributed by atoms with Crippen LogP contribution in [0, 0.1) is 0 Å². The first kappa shape index (κ1) is 9.48. The molecule has 0 saturated heterocycles. The lowest BCUT2D eigenvalue weighted by molar-refractivity contribution is 0.693. The van der Waals surface area contributed by atoms with Crippen LogP contribution in [0.15, 0.2) is 24.3 Å². The van der Waals surface area contributed by atoms with E-state index in [0.717, 1.165) is 6.42 Å². The van der Waals surface area contributed by atoms with E-state index in [4.69, 9.17) is 5.73 Å². The van der Waals surface area contributed by atoms with Gasteiger partial charge in [0.25, 0.3) is 0 Å². The van der Waals surface area contributed by atoms with E-state index in [0.29, 0.717) is 0 Å². The highest BCUT2D eigenvalue weighted by Gasteiger charge is 2.05. The minimum Gasteiger partial charge on any atom is -0.324 e. The molecule has 0 spiro atoms. The Hall–Kier alpha value is -0.603. The molecule has 0 bridgehead atoms. The van der Waals surface area contributed by atoms with Crippen LogP contribution in [0.3, 0.4) is 0 Å². The van der Waals surface area contributed by atoms with E-state index in [9.17, 15) is 0 Å². The van der Waals surface area contributed by atoms with Crippen molar-refractivity contribution >= 4 is 10.2 Å². The zero-order valence-electron chi connectivity index (χ0n) is 7.88. The van der Waals surface area contributed by atoms with Crippen molar-refractivity contribution in [3.05, 3.63) is 35.4 Å². The molecule has 0 aliphatic rings. The molecule has 12 heavy (non-hydrogen) atoms. The first-order chi connectivity index (χ1) is 5.79. The molecule has 66 valence electrons. The summed E-state index contributed by atoms with van der Waals surface area (Å²) < 4.78 is 0. The second-order valence-electron chi connectivity index (χ2n) is 3.07. The van der Waals surface area contributed by atoms with Gasteiger partial charge in [-0.25, -0.2) is 0 Å². The molecule has 1 atom stereocenters. The quantitative estimate of drug-likeness (QED) is 0.687. The lowest BCUT2D eigenvalue weighted by Gasteiger charge is -2.13. The van der Waals surface area contributed by atoms with Gasteiger partial charge < -0.3 is 5.73 Å². The van der Waals surface area contributed by atoms with Crippen LogP contribution in [0.2, 0.25) is 0 Å². The van der Waals surface area contributed by atoms with Crippen LogP contribution < -0.4 is 5.73 Å². The molecule has 0 aromatic heterocycles. The summed E-state index contributed by atoms with van der Waals surface area (Å²) in [7, 11) is 1.22. The fourth-order valence-electron chi connectivity index (χ4n) is 1.44. The fraction of sp³-hybridized carbons (Fsp3) is 0.400. The topological polar surface area (TPSA) is 26.0 Å². The highest BCUT2D eigenvalue weighted by molar-refractivity contribution is 6.08. The van der Waals surface area contributed by atoms with Crippen molar-refractivity contribution in [1.82, 2.24) is 0 Å². The van der Waals surface area contributed by atoms with Crippen molar-refractivity contribution in [3.8, 4) is 0 Å². The third kappa shape index (κ3) is 1.96. The summed E-state index contributed by atoms with van der Waals surface area (Å²) >= 11 is 0. The molecule has 0 heterocycles. The normalized spacial score (nSPS) is 13.2. The first-order valence-electron chi connectivity index (χ1n) is 4.63. The minimum atomic E-state index is 0.232. The molecule has 1 aromatic carbocycles. The van der Waals surface area contributed by atoms with Crippen LogP contribution in [-0.2, 0) is 6.04 Å². The molecule has 0 saturated carbocycles. The van der Waals surface area contributed by atoms with Gasteiger partial charge in [0.15, 0.2) is 0 Å². The van der Waals surface area contributed by atoms with Gasteiger partial charge in [0, 0.05) is 16.3 Å². The summed E-state index contributed by atoms with van der Waals surface area (Å²) in [5.41, 5.74) is 8.77. The molecule has 1 nitrogen and oxygen atoms in total. The Balaban J connectivity index is 2.96. The number of hydrogen-bond donors (Lipinski definition) is 1. The molecule has 2 heteroatoms. The summed E-state index contributed by atoms with van der Waals surface area (Å²) in [5.74, 6) is 0. The highest BCUT2D eigenvalue weighted by Crippen LogP contribution is 2.17. The van der Waals surface area contributed by atoms with Gasteiger partial charge in [-0.1, -0.05) is 31.2 Å². The zero-order valence-corrected chi connectivity index (χ0v) is 9.88. The fourth-order valence-corrected chi connectivity index (χ4v) is 2.08. The van der Waals surface area contributed by atoms with Gasteiger partial charge >= 0.3 is 0 Å². The van der Waals surface area contributed by atoms with Gasteiger partial charge in [0.05, 0.1) is 0 Å². The van der Waals surface area contributed by atoms with Crippen LogP contribution in [0.1, 0.15) is 30.5 Å². The Bertz CT molecular complexity index is 247. The van der Waals surface area contributed by atoms with Crippen molar-refractivity contribution < 1.29 is 0 Å². The molecular weight excluding hydrogens is 162 g/mol. The smallest absolute Gasteiger partial charge is 0.0294 e. The van der Waals surface area contributed by atoms with Gasteiger partial charge in [0.1, 0.15) is 0 Å². The maximum Gasteiger partial charge on any atom is 0.0294 e. The third-order valence-electron chi connectivity index (χ3n) is 2.28. The molecule has 1 aromatic rings. The van der Waals surface area contributed by atoms with Crippen LogP contribution in [0.5, 0.6) is 0 Å². The SMILES string of the molecule is CCC(N)c1ccccc1C[SiH3]. The van der Waals surface area contributed by atoms with Crippen LogP contribution in [-0.4, -0.2) is 10.2 Å². The average Bonchev–Trinajstić information content (AvgIpc) is 2.16. The van der Waals surface area contributed by atoms with E-state index in [-0.39, 0.29) is 6.04 Å². The van der Waals surface area contributed by atoms with Gasteiger partial charge in [-0.3, -0.25) is 0 Å². The Morgan fingerprint density at radius 1 is 1.42 bits per heavy atom. The van der Waals surface area contributed by atoms with E-state index < -0.39 is 0 Å². The summed E-state index contributed by atoms with van der Waals surface area (Å²) in [5, 5.41) is 0. The molecular formula is C10H17NSi. The van der Waals surface area contributed by atoms with Crippen molar-refractivity contribution in [3.63, 3.8) is 0 Å². The van der Waals surface area contributed by atoms with Gasteiger partial charge in [-0.05, 0) is 23.6 Å². The Labute approximate surface area is 77.4 Å². The maximum absolute atomic E-state index is 5.99. The zero-order chi connectivity index (χ0) is 8.97. The van der Waals surface area contributed by atoms with Crippen molar-refractivity contribution in [2.75, 3.05) is 0 Å². The van der Waals surface area contributed by atoms with E-state index in [1.165, 1.54) is 27.4 Å². The number of nitrogens with two attached hydrogens (primary N) is 1. The monoisotopic (exact) mass is 179 g/mol. The van der Waals surface area contributed by atoms with Gasteiger partial charge in [-0.15, -0.1) is 0 Å². The van der Waals surface area contributed by atoms with Crippen LogP contribution >= 0.6 is 0 Å². The minimum absolute atomic E-state index is 0.232. The molecule has 1 unspecified atom stereocenters. The second kappa shape index (κ2) is 4.43. The molecule has 0 aliphatic carbocycles. The second-order valence-corrected chi connectivity index (χ2v) is 3.77. The van der Waals surface area contributed by atoms with Gasteiger partial charge in [-0.2, -0.15) is 0 Å². The van der Waals surface area contributed by atoms with E-state index in [2.05, 4.69) is 31.2 Å². The Kier molecular flexibility index (Phi) is 3.50. The van der Waals surface area contributed by atoms with E-state index in [1.54, 1.807) is 0 Å². The van der Waals surface area contributed by atoms with E-state index in [1.807, 2.05) is 0 Å². The summed E-state index contributed by atoms with van der Waals surface area (Å²) in [6, 6.07) is 9.96. The maximum atomic E-state index is 5.99. The molecule has 2 N–H and O–H groups in total. The average molecular weight is 179 g/mol. The number of benzene rings is 1. The van der Waals surface area contributed by atoms with Crippen LogP contribution in [0.4, 0.5) is 0 Å². The lowest BCUT2D eigenvalue weighted by atomic mass is 10.0. The molecule has 1 rings (SSSR count). The summed E-state index contributed by atoms with van der Waals surface area (Å²) in [6.45, 7) is 2.13. The largest absolute Gasteiger partial charge is 0.324 e. The molecule has 0 radical (unpaired) electrons. The molecule has 0 amide bonds. The predicted octanol–water partition coefficient (Wildman–Crippen LogP) is 0.962. The predicted molar refractivity (Wildman–Crippen MR) is 57.3 cm³/mol. The molecule has 0 aliphatic heterocycles. The summed E-state index contributed by atoms with van der Waals surface area (Å²) in [4.78, 5) is 0. The Morgan fingerprint density at radius 3 is 2.67 bits per heavy atom.